The summed E-state index contributed by atoms with van der Waals surface area (Å²) in [5.74, 6) is 1.00. The highest BCUT2D eigenvalue weighted by Gasteiger charge is 2.43. The van der Waals surface area contributed by atoms with Crippen LogP contribution in [0.4, 0.5) is 10.3 Å². The SMILES string of the molecule is Fc1cnc(NC2COC3(CCCN(Cc4ccco4)C3)C2)nc1. The van der Waals surface area contributed by atoms with Crippen molar-refractivity contribution in [2.45, 2.75) is 37.5 Å². The molecule has 0 saturated carbocycles. The second-order valence-corrected chi connectivity index (χ2v) is 6.66. The molecule has 0 aliphatic carbocycles. The summed E-state index contributed by atoms with van der Waals surface area (Å²) in [4.78, 5) is 10.3. The summed E-state index contributed by atoms with van der Waals surface area (Å²) in [5, 5.41) is 3.25. The van der Waals surface area contributed by atoms with E-state index in [4.69, 9.17) is 9.15 Å². The molecule has 2 saturated heterocycles. The molecule has 24 heavy (non-hydrogen) atoms. The molecule has 2 aromatic rings. The maximum Gasteiger partial charge on any atom is 0.223 e. The summed E-state index contributed by atoms with van der Waals surface area (Å²) in [6.45, 7) is 3.40. The highest BCUT2D eigenvalue weighted by Crippen LogP contribution is 2.36. The van der Waals surface area contributed by atoms with E-state index in [1.165, 1.54) is 12.4 Å². The van der Waals surface area contributed by atoms with E-state index in [0.29, 0.717) is 12.6 Å². The van der Waals surface area contributed by atoms with Gasteiger partial charge in [0.05, 0.1) is 43.5 Å². The van der Waals surface area contributed by atoms with Gasteiger partial charge in [-0.25, -0.2) is 14.4 Å². The third-order valence-electron chi connectivity index (χ3n) is 4.74. The molecular weight excluding hydrogens is 311 g/mol. The van der Waals surface area contributed by atoms with Crippen LogP contribution in [0, 0.1) is 5.82 Å². The van der Waals surface area contributed by atoms with Crippen LogP contribution in [-0.2, 0) is 11.3 Å². The molecule has 0 bridgehead atoms. The minimum absolute atomic E-state index is 0.122. The number of rotatable bonds is 4. The molecular formula is C17H21FN4O2. The van der Waals surface area contributed by atoms with Crippen LogP contribution in [-0.4, -0.2) is 46.2 Å². The van der Waals surface area contributed by atoms with Gasteiger partial charge in [-0.15, -0.1) is 0 Å². The Hall–Kier alpha value is -1.99. The van der Waals surface area contributed by atoms with Crippen molar-refractivity contribution in [1.29, 1.82) is 0 Å². The molecule has 7 heteroatoms. The van der Waals surface area contributed by atoms with Crippen molar-refractivity contribution in [3.8, 4) is 0 Å². The van der Waals surface area contributed by atoms with Gasteiger partial charge in [0.25, 0.3) is 0 Å². The molecule has 2 aliphatic rings. The monoisotopic (exact) mass is 332 g/mol. The Balaban J connectivity index is 1.36. The van der Waals surface area contributed by atoms with E-state index in [1.807, 2.05) is 12.1 Å². The fourth-order valence-electron chi connectivity index (χ4n) is 3.74. The standard InChI is InChI=1S/C17H21FN4O2/c18-13-8-19-16(20-9-13)21-14-7-17(24-11-14)4-2-5-22(12-17)10-15-3-1-6-23-15/h1,3,6,8-9,14H,2,4-5,7,10-12H2,(H,19,20,21). The zero-order chi connectivity index (χ0) is 16.4. The molecule has 6 nitrogen and oxygen atoms in total. The van der Waals surface area contributed by atoms with Crippen molar-refractivity contribution in [3.05, 3.63) is 42.4 Å². The van der Waals surface area contributed by atoms with Gasteiger partial charge in [-0.05, 0) is 31.5 Å². The number of nitrogens with zero attached hydrogens (tertiary/aromatic N) is 3. The average Bonchev–Trinajstić information content (AvgIpc) is 3.21. The fraction of sp³-hybridized carbons (Fsp3) is 0.529. The van der Waals surface area contributed by atoms with E-state index >= 15 is 0 Å². The second-order valence-electron chi connectivity index (χ2n) is 6.66. The van der Waals surface area contributed by atoms with Crippen LogP contribution in [0.2, 0.25) is 0 Å². The zero-order valence-corrected chi connectivity index (χ0v) is 13.4. The summed E-state index contributed by atoms with van der Waals surface area (Å²) in [6.07, 6.45) is 7.13. The molecule has 2 fully saturated rings. The lowest BCUT2D eigenvalue weighted by atomic mass is 9.88. The third-order valence-corrected chi connectivity index (χ3v) is 4.74. The first-order chi connectivity index (χ1) is 11.7. The maximum absolute atomic E-state index is 12.9. The van der Waals surface area contributed by atoms with Crippen molar-refractivity contribution in [2.24, 2.45) is 0 Å². The van der Waals surface area contributed by atoms with Gasteiger partial charge in [0.2, 0.25) is 5.95 Å². The smallest absolute Gasteiger partial charge is 0.223 e. The Labute approximate surface area is 140 Å². The number of furan rings is 1. The number of hydrogen-bond acceptors (Lipinski definition) is 6. The molecule has 2 atom stereocenters. The van der Waals surface area contributed by atoms with Crippen LogP contribution in [0.3, 0.4) is 0 Å². The average molecular weight is 332 g/mol. The number of anilines is 1. The third kappa shape index (κ3) is 3.42. The van der Waals surface area contributed by atoms with E-state index < -0.39 is 5.82 Å². The summed E-state index contributed by atoms with van der Waals surface area (Å²) < 4.78 is 24.5. The van der Waals surface area contributed by atoms with E-state index in [-0.39, 0.29) is 11.6 Å². The summed E-state index contributed by atoms with van der Waals surface area (Å²) in [7, 11) is 0. The van der Waals surface area contributed by atoms with Gasteiger partial charge in [-0.3, -0.25) is 4.90 Å². The van der Waals surface area contributed by atoms with Gasteiger partial charge in [0.1, 0.15) is 5.76 Å². The molecule has 0 aromatic carbocycles. The van der Waals surface area contributed by atoms with Gasteiger partial charge in [0.15, 0.2) is 5.82 Å². The molecule has 0 amide bonds. The number of ether oxygens (including phenoxy) is 1. The largest absolute Gasteiger partial charge is 0.468 e. The van der Waals surface area contributed by atoms with Crippen molar-refractivity contribution in [3.63, 3.8) is 0 Å². The Morgan fingerprint density at radius 1 is 1.38 bits per heavy atom. The minimum atomic E-state index is -0.430. The number of hydrogen-bond donors (Lipinski definition) is 1. The molecule has 4 heterocycles. The number of piperidine rings is 1. The quantitative estimate of drug-likeness (QED) is 0.928. The van der Waals surface area contributed by atoms with Gasteiger partial charge < -0.3 is 14.5 Å². The van der Waals surface area contributed by atoms with Gasteiger partial charge in [0, 0.05) is 13.0 Å². The molecule has 4 rings (SSSR count). The van der Waals surface area contributed by atoms with E-state index in [1.54, 1.807) is 6.26 Å². The number of halogens is 1. The summed E-state index contributed by atoms with van der Waals surface area (Å²) in [6, 6.07) is 4.08. The number of likely N-dealkylation sites (tertiary alicyclic amines) is 1. The normalized spacial score (nSPS) is 27.6. The maximum atomic E-state index is 12.9. The van der Waals surface area contributed by atoms with Crippen LogP contribution in [0.25, 0.3) is 0 Å². The Kier molecular flexibility index (Phi) is 4.20. The molecule has 1 N–H and O–H groups in total. The van der Waals surface area contributed by atoms with E-state index in [2.05, 4.69) is 20.2 Å². The predicted molar refractivity (Wildman–Crippen MR) is 85.9 cm³/mol. The van der Waals surface area contributed by atoms with Crippen LogP contribution in [0.15, 0.2) is 35.2 Å². The molecule has 1 spiro atoms. The number of nitrogens with one attached hydrogen (secondary N) is 1. The summed E-state index contributed by atoms with van der Waals surface area (Å²) in [5.41, 5.74) is -0.122. The Bertz CT molecular complexity index is 664. The Morgan fingerprint density at radius 2 is 2.25 bits per heavy atom. The van der Waals surface area contributed by atoms with Gasteiger partial charge >= 0.3 is 0 Å². The first kappa shape index (κ1) is 15.5. The van der Waals surface area contributed by atoms with Crippen LogP contribution >= 0.6 is 0 Å². The summed E-state index contributed by atoms with van der Waals surface area (Å²) >= 11 is 0. The molecule has 2 aliphatic heterocycles. The molecule has 0 radical (unpaired) electrons. The topological polar surface area (TPSA) is 63.4 Å². The van der Waals surface area contributed by atoms with Crippen molar-refractivity contribution in [1.82, 2.24) is 14.9 Å². The first-order valence-electron chi connectivity index (χ1n) is 8.34. The lowest BCUT2D eigenvalue weighted by Gasteiger charge is -2.39. The van der Waals surface area contributed by atoms with Gasteiger partial charge in [-0.2, -0.15) is 0 Å². The lowest BCUT2D eigenvalue weighted by Crippen LogP contribution is -2.47. The highest BCUT2D eigenvalue weighted by atomic mass is 19.1. The second kappa shape index (κ2) is 6.49. The van der Waals surface area contributed by atoms with Crippen LogP contribution < -0.4 is 5.32 Å². The van der Waals surface area contributed by atoms with E-state index in [0.717, 1.165) is 44.7 Å². The Morgan fingerprint density at radius 3 is 3.04 bits per heavy atom. The van der Waals surface area contributed by atoms with E-state index in [9.17, 15) is 4.39 Å². The van der Waals surface area contributed by atoms with Gasteiger partial charge in [-0.1, -0.05) is 0 Å². The molecule has 2 unspecified atom stereocenters. The predicted octanol–water partition coefficient (Wildman–Crippen LogP) is 2.44. The number of aromatic nitrogens is 2. The minimum Gasteiger partial charge on any atom is -0.468 e. The molecule has 128 valence electrons. The van der Waals surface area contributed by atoms with Crippen molar-refractivity contribution >= 4 is 5.95 Å². The zero-order valence-electron chi connectivity index (χ0n) is 13.4. The fourth-order valence-corrected chi connectivity index (χ4v) is 3.74. The highest BCUT2D eigenvalue weighted by molar-refractivity contribution is 5.25. The lowest BCUT2D eigenvalue weighted by molar-refractivity contribution is -0.0544. The van der Waals surface area contributed by atoms with Crippen LogP contribution in [0.5, 0.6) is 0 Å². The van der Waals surface area contributed by atoms with Crippen molar-refractivity contribution in [2.75, 3.05) is 25.0 Å². The first-order valence-corrected chi connectivity index (χ1v) is 8.34. The van der Waals surface area contributed by atoms with Crippen molar-refractivity contribution < 1.29 is 13.5 Å². The van der Waals surface area contributed by atoms with Crippen LogP contribution in [0.1, 0.15) is 25.0 Å². The molecule has 2 aromatic heterocycles.